The van der Waals surface area contributed by atoms with Crippen molar-refractivity contribution in [2.75, 3.05) is 26.0 Å². The molecular formula is C16H18ClN5O. The van der Waals surface area contributed by atoms with E-state index in [-0.39, 0.29) is 6.03 Å². The van der Waals surface area contributed by atoms with Gasteiger partial charge in [-0.2, -0.15) is 0 Å². The normalized spacial score (nSPS) is 13.4. The van der Waals surface area contributed by atoms with Gasteiger partial charge < -0.3 is 15.1 Å². The van der Waals surface area contributed by atoms with Crippen LogP contribution < -0.4 is 5.32 Å². The average molecular weight is 332 g/mol. The lowest BCUT2D eigenvalue weighted by Crippen LogP contribution is -2.42. The summed E-state index contributed by atoms with van der Waals surface area (Å²) in [7, 11) is 3.51. The maximum Gasteiger partial charge on any atom is 0.319 e. The van der Waals surface area contributed by atoms with Gasteiger partial charge in [0.25, 0.3) is 0 Å². The van der Waals surface area contributed by atoms with E-state index in [2.05, 4.69) is 15.3 Å². The minimum Gasteiger partial charge on any atom is -0.331 e. The van der Waals surface area contributed by atoms with E-state index in [9.17, 15) is 4.79 Å². The van der Waals surface area contributed by atoms with Gasteiger partial charge in [0.15, 0.2) is 0 Å². The van der Waals surface area contributed by atoms with E-state index < -0.39 is 0 Å². The van der Waals surface area contributed by atoms with E-state index in [0.717, 1.165) is 23.4 Å². The van der Waals surface area contributed by atoms with Crippen molar-refractivity contribution < 1.29 is 4.79 Å². The first-order valence-electron chi connectivity index (χ1n) is 7.36. The van der Waals surface area contributed by atoms with Crippen LogP contribution in [0.15, 0.2) is 30.5 Å². The third-order valence-electron chi connectivity index (χ3n) is 3.67. The number of benzene rings is 1. The van der Waals surface area contributed by atoms with Crippen molar-refractivity contribution in [3.05, 3.63) is 46.7 Å². The molecule has 0 spiro atoms. The number of urea groups is 1. The fourth-order valence-electron chi connectivity index (χ4n) is 2.52. The molecule has 2 amide bonds. The van der Waals surface area contributed by atoms with Crippen LogP contribution in [0.5, 0.6) is 0 Å². The first-order chi connectivity index (χ1) is 11.0. The summed E-state index contributed by atoms with van der Waals surface area (Å²) in [6, 6.07) is 7.43. The van der Waals surface area contributed by atoms with Crippen LogP contribution in [0, 0.1) is 0 Å². The van der Waals surface area contributed by atoms with E-state index in [4.69, 9.17) is 11.6 Å². The standard InChI is InChI=1S/C16H18ClN5O/c1-21(2)16(23)22-7-6-14-11(10-22)9-18-15(20-14)19-13-5-3-4-12(17)8-13/h3-5,8-9H,6-7,10H2,1-2H3,(H,18,19,20). The van der Waals surface area contributed by atoms with Crippen molar-refractivity contribution in [3.63, 3.8) is 0 Å². The minimum absolute atomic E-state index is 0.0109. The lowest BCUT2D eigenvalue weighted by atomic mass is 10.1. The molecule has 0 fully saturated rings. The van der Waals surface area contributed by atoms with Crippen LogP contribution >= 0.6 is 11.6 Å². The molecule has 7 heteroatoms. The van der Waals surface area contributed by atoms with Crippen LogP contribution in [-0.4, -0.2) is 46.4 Å². The van der Waals surface area contributed by atoms with Crippen molar-refractivity contribution in [3.8, 4) is 0 Å². The summed E-state index contributed by atoms with van der Waals surface area (Å²) in [5.74, 6) is 0.540. The zero-order chi connectivity index (χ0) is 16.4. The second-order valence-electron chi connectivity index (χ2n) is 5.65. The Kier molecular flexibility index (Phi) is 4.34. The summed E-state index contributed by atoms with van der Waals surface area (Å²) in [6.07, 6.45) is 2.51. The second kappa shape index (κ2) is 6.42. The largest absolute Gasteiger partial charge is 0.331 e. The molecule has 0 saturated carbocycles. The third kappa shape index (κ3) is 3.53. The summed E-state index contributed by atoms with van der Waals surface area (Å²) in [6.45, 7) is 1.21. The van der Waals surface area contributed by atoms with Gasteiger partial charge >= 0.3 is 6.03 Å². The highest BCUT2D eigenvalue weighted by molar-refractivity contribution is 6.30. The van der Waals surface area contributed by atoms with Gasteiger partial charge in [0.2, 0.25) is 5.95 Å². The van der Waals surface area contributed by atoms with Crippen LogP contribution in [0.1, 0.15) is 11.3 Å². The molecule has 120 valence electrons. The molecule has 0 aliphatic carbocycles. The molecule has 0 bridgehead atoms. The number of hydrogen-bond acceptors (Lipinski definition) is 4. The zero-order valence-corrected chi connectivity index (χ0v) is 13.8. The molecule has 1 aliphatic rings. The van der Waals surface area contributed by atoms with E-state index in [1.165, 1.54) is 0 Å². The number of fused-ring (bicyclic) bond motifs is 1. The topological polar surface area (TPSA) is 61.4 Å². The van der Waals surface area contributed by atoms with E-state index in [0.29, 0.717) is 24.1 Å². The molecule has 2 aromatic rings. The fraction of sp³-hybridized carbons (Fsp3) is 0.312. The highest BCUT2D eigenvalue weighted by Crippen LogP contribution is 2.21. The number of carbonyl (C=O) groups is 1. The lowest BCUT2D eigenvalue weighted by molar-refractivity contribution is 0.165. The first-order valence-corrected chi connectivity index (χ1v) is 7.74. The highest BCUT2D eigenvalue weighted by atomic mass is 35.5. The van der Waals surface area contributed by atoms with Gasteiger partial charge in [-0.15, -0.1) is 0 Å². The Balaban J connectivity index is 1.75. The molecule has 0 atom stereocenters. The predicted octanol–water partition coefficient (Wildman–Crippen LogP) is 2.91. The van der Waals surface area contributed by atoms with Crippen molar-refractivity contribution in [1.82, 2.24) is 19.8 Å². The zero-order valence-electron chi connectivity index (χ0n) is 13.1. The molecule has 1 aromatic carbocycles. The quantitative estimate of drug-likeness (QED) is 0.919. The lowest BCUT2D eigenvalue weighted by Gasteiger charge is -2.30. The molecule has 0 radical (unpaired) electrons. The summed E-state index contributed by atoms with van der Waals surface area (Å²) in [5.41, 5.74) is 2.81. The number of amides is 2. The maximum absolute atomic E-state index is 12.0. The predicted molar refractivity (Wildman–Crippen MR) is 90.0 cm³/mol. The SMILES string of the molecule is CN(C)C(=O)N1CCc2nc(Nc3cccc(Cl)c3)ncc2C1. The number of nitrogens with one attached hydrogen (secondary N) is 1. The molecule has 2 heterocycles. The Bertz CT molecular complexity index is 734. The highest BCUT2D eigenvalue weighted by Gasteiger charge is 2.23. The molecule has 3 rings (SSSR count). The van der Waals surface area contributed by atoms with Gasteiger partial charge in [0.05, 0.1) is 12.2 Å². The van der Waals surface area contributed by atoms with Crippen molar-refractivity contribution >= 4 is 29.3 Å². The van der Waals surface area contributed by atoms with Crippen molar-refractivity contribution in [1.29, 1.82) is 0 Å². The van der Waals surface area contributed by atoms with E-state index in [1.54, 1.807) is 30.1 Å². The third-order valence-corrected chi connectivity index (χ3v) is 3.90. The van der Waals surface area contributed by atoms with Gasteiger partial charge in [0.1, 0.15) is 0 Å². The molecule has 1 aromatic heterocycles. The van der Waals surface area contributed by atoms with Crippen LogP contribution in [0.2, 0.25) is 5.02 Å². The van der Waals surface area contributed by atoms with Crippen LogP contribution in [0.3, 0.4) is 0 Å². The Morgan fingerprint density at radius 1 is 1.39 bits per heavy atom. The number of carbonyl (C=O) groups excluding carboxylic acids is 1. The first kappa shape index (κ1) is 15.6. The Hall–Kier alpha value is -2.34. The number of halogens is 1. The van der Waals surface area contributed by atoms with Crippen molar-refractivity contribution in [2.24, 2.45) is 0 Å². The Morgan fingerprint density at radius 2 is 2.22 bits per heavy atom. The molecule has 23 heavy (non-hydrogen) atoms. The van der Waals surface area contributed by atoms with Gasteiger partial charge in [-0.1, -0.05) is 17.7 Å². The van der Waals surface area contributed by atoms with Gasteiger partial charge in [-0.05, 0) is 18.2 Å². The molecular weight excluding hydrogens is 314 g/mol. The fourth-order valence-corrected chi connectivity index (χ4v) is 2.71. The monoisotopic (exact) mass is 331 g/mol. The average Bonchev–Trinajstić information content (AvgIpc) is 2.53. The van der Waals surface area contributed by atoms with E-state index in [1.807, 2.05) is 24.3 Å². The van der Waals surface area contributed by atoms with E-state index >= 15 is 0 Å². The minimum atomic E-state index is 0.0109. The Morgan fingerprint density at radius 3 is 2.96 bits per heavy atom. The smallest absolute Gasteiger partial charge is 0.319 e. The molecule has 1 aliphatic heterocycles. The molecule has 0 saturated heterocycles. The molecule has 6 nitrogen and oxygen atoms in total. The second-order valence-corrected chi connectivity index (χ2v) is 6.09. The Labute approximate surface area is 140 Å². The number of aromatic nitrogens is 2. The van der Waals surface area contributed by atoms with Crippen LogP contribution in [0.25, 0.3) is 0 Å². The number of hydrogen-bond donors (Lipinski definition) is 1. The summed E-state index contributed by atoms with van der Waals surface area (Å²) in [5, 5.41) is 3.81. The molecule has 0 unspecified atom stereocenters. The summed E-state index contributed by atoms with van der Waals surface area (Å²) in [4.78, 5) is 24.3. The maximum atomic E-state index is 12.0. The van der Waals surface area contributed by atoms with Crippen LogP contribution in [-0.2, 0) is 13.0 Å². The molecule has 1 N–H and O–H groups in total. The van der Waals surface area contributed by atoms with Crippen molar-refractivity contribution in [2.45, 2.75) is 13.0 Å². The van der Waals surface area contributed by atoms with Crippen LogP contribution in [0.4, 0.5) is 16.4 Å². The van der Waals surface area contributed by atoms with Gasteiger partial charge in [0, 0.05) is 49.5 Å². The number of anilines is 2. The summed E-state index contributed by atoms with van der Waals surface area (Å²) >= 11 is 5.98. The van der Waals surface area contributed by atoms with Gasteiger partial charge in [-0.25, -0.2) is 14.8 Å². The number of rotatable bonds is 2. The number of nitrogens with zero attached hydrogens (tertiary/aromatic N) is 4. The summed E-state index contributed by atoms with van der Waals surface area (Å²) < 4.78 is 0. The van der Waals surface area contributed by atoms with Gasteiger partial charge in [-0.3, -0.25) is 0 Å².